The number of carbonyl (C=O) groups is 1. The molecule has 3 nitrogen and oxygen atoms in total. The zero-order chi connectivity index (χ0) is 8.43. The van der Waals surface area contributed by atoms with Gasteiger partial charge in [0.2, 0.25) is 5.91 Å². The third-order valence-electron chi connectivity index (χ3n) is 1.22. The van der Waals surface area contributed by atoms with Gasteiger partial charge in [0.05, 0.1) is 9.98 Å². The van der Waals surface area contributed by atoms with Gasteiger partial charge in [0, 0.05) is 14.0 Å². The van der Waals surface area contributed by atoms with E-state index in [-0.39, 0.29) is 5.91 Å². The molecule has 0 bridgehead atoms. The second kappa shape index (κ2) is 3.32. The molecule has 0 N–H and O–H groups in total. The Labute approximate surface area is 77.2 Å². The van der Waals surface area contributed by atoms with E-state index < -0.39 is 0 Å². The Morgan fingerprint density at radius 1 is 1.82 bits per heavy atom. The quantitative estimate of drug-likeness (QED) is 0.744. The summed E-state index contributed by atoms with van der Waals surface area (Å²) in [5, 5.41) is 0.712. The number of thiazole rings is 1. The van der Waals surface area contributed by atoms with Crippen LogP contribution in [0.1, 0.15) is 6.92 Å². The molecule has 0 aliphatic heterocycles. The van der Waals surface area contributed by atoms with Gasteiger partial charge in [0.1, 0.15) is 0 Å². The molecule has 1 heterocycles. The van der Waals surface area contributed by atoms with E-state index in [9.17, 15) is 4.79 Å². The number of anilines is 1. The monoisotopic (exact) mass is 234 g/mol. The first-order valence-electron chi connectivity index (χ1n) is 2.97. The normalized spacial score (nSPS) is 9.73. The molecule has 5 heteroatoms. The van der Waals surface area contributed by atoms with Crippen molar-refractivity contribution in [3.05, 3.63) is 9.98 Å². The zero-order valence-corrected chi connectivity index (χ0v) is 8.57. The van der Waals surface area contributed by atoms with Crippen LogP contribution in [0.25, 0.3) is 0 Å². The van der Waals surface area contributed by atoms with Crippen molar-refractivity contribution in [3.8, 4) is 0 Å². The fourth-order valence-corrected chi connectivity index (χ4v) is 1.72. The van der Waals surface area contributed by atoms with Gasteiger partial charge in [0.15, 0.2) is 5.13 Å². The van der Waals surface area contributed by atoms with Gasteiger partial charge in [-0.1, -0.05) is 11.3 Å². The number of nitrogens with zero attached hydrogens (tertiary/aromatic N) is 2. The Morgan fingerprint density at radius 3 is 2.82 bits per heavy atom. The lowest BCUT2D eigenvalue weighted by molar-refractivity contribution is -0.116. The molecule has 0 aliphatic rings. The van der Waals surface area contributed by atoms with Crippen LogP contribution in [0.2, 0.25) is 0 Å². The zero-order valence-electron chi connectivity index (χ0n) is 6.17. The Morgan fingerprint density at radius 2 is 2.45 bits per heavy atom. The lowest BCUT2D eigenvalue weighted by atomic mass is 10.6. The van der Waals surface area contributed by atoms with Crippen LogP contribution in [0.3, 0.4) is 0 Å². The molecule has 0 radical (unpaired) electrons. The van der Waals surface area contributed by atoms with Crippen LogP contribution in [0.5, 0.6) is 0 Å². The van der Waals surface area contributed by atoms with Crippen LogP contribution in [-0.2, 0) is 4.79 Å². The highest BCUT2D eigenvalue weighted by Gasteiger charge is 2.08. The van der Waals surface area contributed by atoms with Crippen LogP contribution < -0.4 is 4.90 Å². The third-order valence-corrected chi connectivity index (χ3v) is 2.78. The first-order valence-corrected chi connectivity index (χ1v) is 4.58. The average molecular weight is 235 g/mol. The van der Waals surface area contributed by atoms with E-state index in [1.807, 2.05) is 0 Å². The van der Waals surface area contributed by atoms with Crippen LogP contribution in [0, 0.1) is 0 Å². The van der Waals surface area contributed by atoms with Gasteiger partial charge in [-0.15, -0.1) is 0 Å². The smallest absolute Gasteiger partial charge is 0.225 e. The molecular formula is C6H7BrN2OS. The van der Waals surface area contributed by atoms with Crippen molar-refractivity contribution in [2.45, 2.75) is 6.92 Å². The van der Waals surface area contributed by atoms with Gasteiger partial charge in [-0.3, -0.25) is 9.69 Å². The topological polar surface area (TPSA) is 33.2 Å². The molecule has 1 aromatic rings. The lowest BCUT2D eigenvalue weighted by Gasteiger charge is -2.08. The Hall–Kier alpha value is -0.420. The number of halogens is 1. The maximum Gasteiger partial charge on any atom is 0.225 e. The highest BCUT2D eigenvalue weighted by atomic mass is 79.9. The van der Waals surface area contributed by atoms with E-state index in [2.05, 4.69) is 20.9 Å². The van der Waals surface area contributed by atoms with Crippen LogP contribution in [0.4, 0.5) is 5.13 Å². The Balaban J connectivity index is 2.84. The summed E-state index contributed by atoms with van der Waals surface area (Å²) in [6.45, 7) is 1.51. The van der Waals surface area contributed by atoms with E-state index in [1.54, 1.807) is 13.2 Å². The lowest BCUT2D eigenvalue weighted by Crippen LogP contribution is -2.22. The van der Waals surface area contributed by atoms with Gasteiger partial charge >= 0.3 is 0 Å². The second-order valence-corrected chi connectivity index (χ2v) is 4.41. The number of rotatable bonds is 1. The number of hydrogen-bond acceptors (Lipinski definition) is 3. The summed E-state index contributed by atoms with van der Waals surface area (Å²) < 4.78 is 0.931. The molecule has 1 amide bonds. The van der Waals surface area contributed by atoms with E-state index in [0.717, 1.165) is 3.79 Å². The SMILES string of the molecule is CC(=O)N(C)c1ncc(Br)s1. The molecule has 1 rings (SSSR count). The highest BCUT2D eigenvalue weighted by molar-refractivity contribution is 9.11. The molecule has 0 fully saturated rings. The molecule has 0 unspecified atom stereocenters. The van der Waals surface area contributed by atoms with Crippen molar-refractivity contribution in [1.82, 2.24) is 4.98 Å². The molecule has 11 heavy (non-hydrogen) atoms. The van der Waals surface area contributed by atoms with Crippen molar-refractivity contribution in [3.63, 3.8) is 0 Å². The van der Waals surface area contributed by atoms with Gasteiger partial charge in [-0.2, -0.15) is 0 Å². The molecule has 60 valence electrons. The van der Waals surface area contributed by atoms with Gasteiger partial charge in [-0.05, 0) is 15.9 Å². The van der Waals surface area contributed by atoms with E-state index in [1.165, 1.54) is 23.2 Å². The van der Waals surface area contributed by atoms with E-state index >= 15 is 0 Å². The number of amides is 1. The van der Waals surface area contributed by atoms with Crippen molar-refractivity contribution in [2.24, 2.45) is 0 Å². The highest BCUT2D eigenvalue weighted by Crippen LogP contribution is 2.25. The molecule has 1 aromatic heterocycles. The fourth-order valence-electron chi connectivity index (χ4n) is 0.536. The number of carbonyl (C=O) groups excluding carboxylic acids is 1. The first-order chi connectivity index (χ1) is 5.11. The predicted molar refractivity (Wildman–Crippen MR) is 48.9 cm³/mol. The standard InChI is InChI=1S/C6H7BrN2OS/c1-4(10)9(2)6-8-3-5(7)11-6/h3H,1-2H3. The maximum atomic E-state index is 10.8. The van der Waals surface area contributed by atoms with Crippen molar-refractivity contribution >= 4 is 38.3 Å². The second-order valence-electron chi connectivity index (χ2n) is 2.02. The minimum atomic E-state index is -0.00755. The summed E-state index contributed by atoms with van der Waals surface area (Å²) in [5.74, 6) is -0.00755. The summed E-state index contributed by atoms with van der Waals surface area (Å²) >= 11 is 4.70. The first kappa shape index (κ1) is 8.67. The minimum Gasteiger partial charge on any atom is -0.291 e. The minimum absolute atomic E-state index is 0.00755. The third kappa shape index (κ3) is 2.00. The Bertz CT molecular complexity index is 273. The number of hydrogen-bond donors (Lipinski definition) is 0. The summed E-state index contributed by atoms with van der Waals surface area (Å²) in [7, 11) is 1.70. The number of aromatic nitrogens is 1. The molecule has 0 atom stereocenters. The van der Waals surface area contributed by atoms with Gasteiger partial charge in [0.25, 0.3) is 0 Å². The van der Waals surface area contributed by atoms with Gasteiger partial charge in [-0.25, -0.2) is 4.98 Å². The van der Waals surface area contributed by atoms with Crippen molar-refractivity contribution < 1.29 is 4.79 Å². The van der Waals surface area contributed by atoms with Crippen LogP contribution in [0.15, 0.2) is 9.98 Å². The maximum absolute atomic E-state index is 10.8. The summed E-state index contributed by atoms with van der Waals surface area (Å²) in [4.78, 5) is 16.4. The van der Waals surface area contributed by atoms with Crippen LogP contribution >= 0.6 is 27.3 Å². The fraction of sp³-hybridized carbons (Fsp3) is 0.333. The predicted octanol–water partition coefficient (Wildman–Crippen LogP) is 1.89. The van der Waals surface area contributed by atoms with Crippen molar-refractivity contribution in [1.29, 1.82) is 0 Å². The molecule has 0 aliphatic carbocycles. The largest absolute Gasteiger partial charge is 0.291 e. The molecule has 0 saturated carbocycles. The summed E-state index contributed by atoms with van der Waals surface area (Å²) in [6, 6.07) is 0. The van der Waals surface area contributed by atoms with E-state index in [4.69, 9.17) is 0 Å². The van der Waals surface area contributed by atoms with Gasteiger partial charge < -0.3 is 0 Å². The molecular weight excluding hydrogens is 228 g/mol. The molecule has 0 saturated heterocycles. The summed E-state index contributed by atoms with van der Waals surface area (Å²) in [5.41, 5.74) is 0. The molecule has 0 aromatic carbocycles. The Kier molecular flexibility index (Phi) is 2.62. The average Bonchev–Trinajstić information content (AvgIpc) is 2.34. The summed E-state index contributed by atoms with van der Waals surface area (Å²) in [6.07, 6.45) is 1.68. The van der Waals surface area contributed by atoms with Crippen molar-refractivity contribution in [2.75, 3.05) is 11.9 Å². The molecule has 0 spiro atoms. The van der Waals surface area contributed by atoms with Crippen LogP contribution in [-0.4, -0.2) is 17.9 Å². The van der Waals surface area contributed by atoms with E-state index in [0.29, 0.717) is 5.13 Å².